The zero-order valence-corrected chi connectivity index (χ0v) is 16.0. The third-order valence-electron chi connectivity index (χ3n) is 5.51. The van der Waals surface area contributed by atoms with Gasteiger partial charge in [0.2, 0.25) is 5.91 Å². The van der Waals surface area contributed by atoms with Crippen LogP contribution in [0.2, 0.25) is 0 Å². The Morgan fingerprint density at radius 3 is 2.12 bits per heavy atom. The second-order valence-corrected chi connectivity index (χ2v) is 10.5. The van der Waals surface area contributed by atoms with Crippen LogP contribution >= 0.6 is 11.3 Å². The van der Waals surface area contributed by atoms with E-state index in [9.17, 15) is 18.0 Å². The number of hydrogen-bond acceptors (Lipinski definition) is 5. The van der Waals surface area contributed by atoms with Gasteiger partial charge in [0.1, 0.15) is 4.21 Å². The van der Waals surface area contributed by atoms with E-state index >= 15 is 0 Å². The lowest BCUT2D eigenvalue weighted by Gasteiger charge is -2.35. The fourth-order valence-corrected chi connectivity index (χ4v) is 6.48. The Kier molecular flexibility index (Phi) is 4.56. The van der Waals surface area contributed by atoms with Gasteiger partial charge in [-0.05, 0) is 43.6 Å². The number of piperazine rings is 1. The van der Waals surface area contributed by atoms with Crippen molar-refractivity contribution in [1.82, 2.24) is 9.21 Å². The summed E-state index contributed by atoms with van der Waals surface area (Å²) in [6.07, 6.45) is 4.58. The minimum atomic E-state index is -3.70. The van der Waals surface area contributed by atoms with Gasteiger partial charge in [-0.2, -0.15) is 4.31 Å². The molecule has 0 unspecified atom stereocenters. The van der Waals surface area contributed by atoms with Crippen LogP contribution in [0.4, 0.5) is 0 Å². The first-order valence-corrected chi connectivity index (χ1v) is 11.3. The van der Waals surface area contributed by atoms with Gasteiger partial charge in [0, 0.05) is 37.5 Å². The summed E-state index contributed by atoms with van der Waals surface area (Å²) >= 11 is 0.924. The summed E-state index contributed by atoms with van der Waals surface area (Å²) in [6.45, 7) is 1.34. The number of sulfonamides is 1. The number of hydrogen-bond donors (Lipinski definition) is 1. The zero-order valence-electron chi connectivity index (χ0n) is 14.3. The quantitative estimate of drug-likeness (QED) is 0.787. The molecule has 3 aliphatic rings. The Labute approximate surface area is 156 Å². The van der Waals surface area contributed by atoms with E-state index in [2.05, 4.69) is 0 Å². The molecule has 1 aliphatic heterocycles. The van der Waals surface area contributed by atoms with Crippen LogP contribution in [0.3, 0.4) is 0 Å². The van der Waals surface area contributed by atoms with Gasteiger partial charge in [0.25, 0.3) is 10.0 Å². The molecule has 2 saturated carbocycles. The summed E-state index contributed by atoms with van der Waals surface area (Å²) in [4.78, 5) is 25.7. The molecule has 1 amide bonds. The maximum absolute atomic E-state index is 12.9. The number of aromatic carboxylic acids is 1. The van der Waals surface area contributed by atoms with Crippen molar-refractivity contribution in [2.75, 3.05) is 26.2 Å². The van der Waals surface area contributed by atoms with Gasteiger partial charge in [-0.1, -0.05) is 0 Å². The van der Waals surface area contributed by atoms with Gasteiger partial charge in [-0.15, -0.1) is 11.3 Å². The molecule has 1 aromatic rings. The highest BCUT2D eigenvalue weighted by Gasteiger charge is 2.47. The van der Waals surface area contributed by atoms with Crippen molar-refractivity contribution in [3.05, 3.63) is 17.0 Å². The first-order chi connectivity index (χ1) is 12.4. The fourth-order valence-electron chi connectivity index (χ4n) is 3.75. The van der Waals surface area contributed by atoms with Crippen molar-refractivity contribution in [2.24, 2.45) is 17.8 Å². The third kappa shape index (κ3) is 3.39. The lowest BCUT2D eigenvalue weighted by atomic mass is 9.96. The highest BCUT2D eigenvalue weighted by atomic mass is 32.2. The average molecular weight is 399 g/mol. The van der Waals surface area contributed by atoms with E-state index in [0.29, 0.717) is 24.9 Å². The molecule has 1 aromatic heterocycles. The van der Waals surface area contributed by atoms with Gasteiger partial charge < -0.3 is 10.0 Å². The Morgan fingerprint density at radius 2 is 1.65 bits per heavy atom. The molecular formula is C17H22N2O5S2. The Balaban J connectivity index is 1.40. The highest BCUT2D eigenvalue weighted by molar-refractivity contribution is 7.91. The Morgan fingerprint density at radius 1 is 1.08 bits per heavy atom. The Hall–Kier alpha value is -1.45. The number of carbonyl (C=O) groups is 2. The molecule has 7 nitrogen and oxygen atoms in total. The SMILES string of the molecule is O=C(O)c1csc(S(=O)(=O)N2CCN(C(=O)C(C3CC3)C3CC3)CC2)c1. The van der Waals surface area contributed by atoms with Gasteiger partial charge in [-0.25, -0.2) is 13.2 Å². The van der Waals surface area contributed by atoms with Crippen molar-refractivity contribution >= 4 is 33.2 Å². The molecule has 0 atom stereocenters. The summed E-state index contributed by atoms with van der Waals surface area (Å²) < 4.78 is 26.8. The number of carboxylic acid groups (broad SMARTS) is 1. The van der Waals surface area contributed by atoms with Crippen molar-refractivity contribution in [1.29, 1.82) is 0 Å². The van der Waals surface area contributed by atoms with Crippen molar-refractivity contribution in [3.63, 3.8) is 0 Å². The molecule has 4 rings (SSSR count). The van der Waals surface area contributed by atoms with Gasteiger partial charge in [-0.3, -0.25) is 4.79 Å². The topological polar surface area (TPSA) is 95.0 Å². The predicted molar refractivity (Wildman–Crippen MR) is 95.6 cm³/mol. The van der Waals surface area contributed by atoms with E-state index in [4.69, 9.17) is 5.11 Å². The second kappa shape index (κ2) is 6.61. The zero-order chi connectivity index (χ0) is 18.5. The molecule has 26 heavy (non-hydrogen) atoms. The first-order valence-electron chi connectivity index (χ1n) is 8.98. The first kappa shape index (κ1) is 17.9. The number of amides is 1. The molecule has 142 valence electrons. The number of carboxylic acids is 1. The monoisotopic (exact) mass is 398 g/mol. The summed E-state index contributed by atoms with van der Waals surface area (Å²) in [5.41, 5.74) is -0.0147. The van der Waals surface area contributed by atoms with Crippen LogP contribution < -0.4 is 0 Å². The number of rotatable bonds is 6. The molecule has 3 fully saturated rings. The van der Waals surface area contributed by atoms with E-state index < -0.39 is 16.0 Å². The fraction of sp³-hybridized carbons (Fsp3) is 0.647. The lowest BCUT2D eigenvalue weighted by molar-refractivity contribution is -0.138. The van der Waals surface area contributed by atoms with E-state index in [1.54, 1.807) is 0 Å². The van der Waals surface area contributed by atoms with E-state index in [1.165, 1.54) is 15.8 Å². The molecular weight excluding hydrogens is 376 g/mol. The summed E-state index contributed by atoms with van der Waals surface area (Å²) in [5, 5.41) is 10.3. The largest absolute Gasteiger partial charge is 0.478 e. The minimum Gasteiger partial charge on any atom is -0.478 e. The number of carbonyl (C=O) groups excluding carboxylic acids is 1. The van der Waals surface area contributed by atoms with Crippen LogP contribution in [0, 0.1) is 17.8 Å². The molecule has 2 heterocycles. The molecule has 2 aliphatic carbocycles. The summed E-state index contributed by atoms with van der Waals surface area (Å²) in [7, 11) is -3.70. The predicted octanol–water partition coefficient (Wildman–Crippen LogP) is 1.72. The second-order valence-electron chi connectivity index (χ2n) is 7.39. The van der Waals surface area contributed by atoms with Crippen LogP contribution in [-0.2, 0) is 14.8 Å². The van der Waals surface area contributed by atoms with Gasteiger partial charge >= 0.3 is 5.97 Å². The third-order valence-corrected chi connectivity index (χ3v) is 8.83. The van der Waals surface area contributed by atoms with Crippen LogP contribution in [0.5, 0.6) is 0 Å². The number of nitrogens with zero attached hydrogens (tertiary/aromatic N) is 2. The van der Waals surface area contributed by atoms with E-state index in [0.717, 1.165) is 37.0 Å². The van der Waals surface area contributed by atoms with Crippen LogP contribution in [0.1, 0.15) is 36.0 Å². The molecule has 0 radical (unpaired) electrons. The minimum absolute atomic E-state index is 0.0147. The molecule has 9 heteroatoms. The van der Waals surface area contributed by atoms with Gasteiger partial charge in [0.05, 0.1) is 5.56 Å². The molecule has 0 aromatic carbocycles. The van der Waals surface area contributed by atoms with Gasteiger partial charge in [0.15, 0.2) is 0 Å². The maximum Gasteiger partial charge on any atom is 0.336 e. The number of thiophene rings is 1. The van der Waals surface area contributed by atoms with Crippen LogP contribution in [-0.4, -0.2) is 60.8 Å². The molecule has 1 saturated heterocycles. The molecule has 0 spiro atoms. The Bertz CT molecular complexity index is 806. The molecule has 1 N–H and O–H groups in total. The highest BCUT2D eigenvalue weighted by Crippen LogP contribution is 2.50. The molecule has 0 bridgehead atoms. The van der Waals surface area contributed by atoms with Crippen LogP contribution in [0.25, 0.3) is 0 Å². The summed E-state index contributed by atoms with van der Waals surface area (Å²) in [5.74, 6) is 0.295. The van der Waals surface area contributed by atoms with Crippen LogP contribution in [0.15, 0.2) is 15.7 Å². The average Bonchev–Trinajstić information content (AvgIpc) is 3.56. The lowest BCUT2D eigenvalue weighted by Crippen LogP contribution is -2.52. The standard InChI is InChI=1S/C17H22N2O5S2/c20-16(15(11-1-2-11)12-3-4-12)18-5-7-19(8-6-18)26(23,24)14-9-13(10-25-14)17(21)22/h9-12,15H,1-8H2,(H,21,22). The van der Waals surface area contributed by atoms with E-state index in [-0.39, 0.29) is 34.7 Å². The van der Waals surface area contributed by atoms with Crippen molar-refractivity contribution in [2.45, 2.75) is 29.9 Å². The smallest absolute Gasteiger partial charge is 0.336 e. The normalized spacial score (nSPS) is 22.0. The van der Waals surface area contributed by atoms with Crippen molar-refractivity contribution in [3.8, 4) is 0 Å². The summed E-state index contributed by atoms with van der Waals surface area (Å²) in [6, 6.07) is 1.20. The maximum atomic E-state index is 12.9. The van der Waals surface area contributed by atoms with Crippen molar-refractivity contribution < 1.29 is 23.1 Å². The van der Waals surface area contributed by atoms with E-state index in [1.807, 2.05) is 4.90 Å².